The van der Waals surface area contributed by atoms with Crippen molar-refractivity contribution >= 4 is 12.8 Å². The maximum atomic E-state index is 5.92. The molecule has 0 N–H and O–H groups in total. The first-order valence-electron chi connectivity index (χ1n) is 6.27. The van der Waals surface area contributed by atoms with Gasteiger partial charge in [0.15, 0.2) is 0 Å². The third-order valence-electron chi connectivity index (χ3n) is 3.60. The molecule has 0 bridgehead atoms. The molecule has 1 rings (SSSR count). The van der Waals surface area contributed by atoms with Crippen molar-refractivity contribution in [1.82, 2.24) is 0 Å². The van der Waals surface area contributed by atoms with E-state index >= 15 is 0 Å². The zero-order chi connectivity index (χ0) is 13.1. The average Bonchev–Trinajstić information content (AvgIpc) is 2.42. The number of oxime groups is 1. The second-order valence-electron chi connectivity index (χ2n) is 5.42. The molecular formula is C12H24BNO3. The minimum atomic E-state index is -0.248. The predicted octanol–water partition coefficient (Wildman–Crippen LogP) is 2.88. The zero-order valence-corrected chi connectivity index (χ0v) is 11.9. The van der Waals surface area contributed by atoms with Crippen molar-refractivity contribution in [2.45, 2.75) is 65.0 Å². The van der Waals surface area contributed by atoms with Gasteiger partial charge in [-0.2, -0.15) is 0 Å². The normalized spacial score (nSPS) is 22.9. The fraction of sp³-hybridized carbons (Fsp3) is 0.917. The first-order chi connectivity index (χ1) is 7.82. The average molecular weight is 241 g/mol. The standard InChI is InChI=1S/C12H24BNO3/c1-7-10(14-15-6)8-9-13-16-11(2,3)12(4,5)17-13/h7-9H2,1-6H3/b14-10-. The second-order valence-corrected chi connectivity index (χ2v) is 5.42. The molecule has 0 radical (unpaired) electrons. The maximum absolute atomic E-state index is 5.92. The van der Waals surface area contributed by atoms with E-state index in [1.807, 2.05) is 0 Å². The van der Waals surface area contributed by atoms with Gasteiger partial charge in [-0.25, -0.2) is 0 Å². The SMILES string of the molecule is CC/C(CCB1OC(C)(C)C(C)(C)O1)=N/OC. The van der Waals surface area contributed by atoms with E-state index in [1.165, 1.54) is 0 Å². The van der Waals surface area contributed by atoms with Crippen LogP contribution in [0, 0.1) is 0 Å². The van der Waals surface area contributed by atoms with Crippen molar-refractivity contribution in [1.29, 1.82) is 0 Å². The van der Waals surface area contributed by atoms with Gasteiger partial charge in [-0.05, 0) is 46.9 Å². The van der Waals surface area contributed by atoms with Gasteiger partial charge in [-0.15, -0.1) is 0 Å². The summed E-state index contributed by atoms with van der Waals surface area (Å²) in [4.78, 5) is 4.80. The Morgan fingerprint density at radius 3 is 2.12 bits per heavy atom. The van der Waals surface area contributed by atoms with Crippen molar-refractivity contribution in [3.05, 3.63) is 0 Å². The van der Waals surface area contributed by atoms with Crippen LogP contribution in [-0.2, 0) is 14.1 Å². The molecular weight excluding hydrogens is 217 g/mol. The van der Waals surface area contributed by atoms with Crippen molar-refractivity contribution < 1.29 is 14.1 Å². The Morgan fingerprint density at radius 1 is 1.18 bits per heavy atom. The summed E-state index contributed by atoms with van der Waals surface area (Å²) >= 11 is 0. The third-order valence-corrected chi connectivity index (χ3v) is 3.60. The Labute approximate surface area is 105 Å². The molecule has 1 aliphatic heterocycles. The predicted molar refractivity (Wildman–Crippen MR) is 70.2 cm³/mol. The number of nitrogens with zero attached hydrogens (tertiary/aromatic N) is 1. The molecule has 0 saturated carbocycles. The monoisotopic (exact) mass is 241 g/mol. The molecule has 4 nitrogen and oxygen atoms in total. The van der Waals surface area contributed by atoms with Crippen LogP contribution >= 0.6 is 0 Å². The maximum Gasteiger partial charge on any atom is 0.458 e. The molecule has 1 saturated heterocycles. The smallest absolute Gasteiger partial charge is 0.403 e. The topological polar surface area (TPSA) is 40.0 Å². The Balaban J connectivity index is 2.48. The molecule has 0 atom stereocenters. The molecule has 0 aromatic rings. The Morgan fingerprint density at radius 2 is 1.71 bits per heavy atom. The third kappa shape index (κ3) is 3.46. The van der Waals surface area contributed by atoms with Crippen LogP contribution in [0.4, 0.5) is 0 Å². The fourth-order valence-corrected chi connectivity index (χ4v) is 1.78. The van der Waals surface area contributed by atoms with Crippen LogP contribution in [0.5, 0.6) is 0 Å². The molecule has 1 fully saturated rings. The summed E-state index contributed by atoms with van der Waals surface area (Å²) in [5.41, 5.74) is 0.549. The van der Waals surface area contributed by atoms with Crippen LogP contribution in [-0.4, -0.2) is 31.1 Å². The van der Waals surface area contributed by atoms with Crippen LogP contribution in [0.1, 0.15) is 47.5 Å². The van der Waals surface area contributed by atoms with Gasteiger partial charge in [0.1, 0.15) is 7.11 Å². The highest BCUT2D eigenvalue weighted by atomic mass is 16.7. The van der Waals surface area contributed by atoms with E-state index in [2.05, 4.69) is 39.8 Å². The van der Waals surface area contributed by atoms with E-state index in [1.54, 1.807) is 7.11 Å². The molecule has 0 unspecified atom stereocenters. The van der Waals surface area contributed by atoms with Gasteiger partial charge < -0.3 is 14.1 Å². The summed E-state index contributed by atoms with van der Waals surface area (Å²) < 4.78 is 11.8. The van der Waals surface area contributed by atoms with Crippen LogP contribution in [0.2, 0.25) is 6.32 Å². The summed E-state index contributed by atoms with van der Waals surface area (Å²) in [7, 11) is 1.43. The van der Waals surface area contributed by atoms with Crippen molar-refractivity contribution in [2.24, 2.45) is 5.16 Å². The molecule has 17 heavy (non-hydrogen) atoms. The van der Waals surface area contributed by atoms with E-state index in [0.29, 0.717) is 0 Å². The number of hydrogen-bond donors (Lipinski definition) is 0. The lowest BCUT2D eigenvalue weighted by Gasteiger charge is -2.32. The van der Waals surface area contributed by atoms with E-state index < -0.39 is 0 Å². The fourth-order valence-electron chi connectivity index (χ4n) is 1.78. The van der Waals surface area contributed by atoms with Gasteiger partial charge >= 0.3 is 7.12 Å². The van der Waals surface area contributed by atoms with E-state index in [-0.39, 0.29) is 18.3 Å². The highest BCUT2D eigenvalue weighted by molar-refractivity contribution is 6.45. The molecule has 0 spiro atoms. The van der Waals surface area contributed by atoms with Gasteiger partial charge in [0.05, 0.1) is 16.9 Å². The molecule has 98 valence electrons. The van der Waals surface area contributed by atoms with Crippen LogP contribution in [0.15, 0.2) is 5.16 Å². The summed E-state index contributed by atoms with van der Waals surface area (Å²) in [6.07, 6.45) is 2.57. The quantitative estimate of drug-likeness (QED) is 0.422. The number of rotatable bonds is 5. The minimum absolute atomic E-state index is 0.145. The van der Waals surface area contributed by atoms with Crippen LogP contribution in [0.25, 0.3) is 0 Å². The van der Waals surface area contributed by atoms with Gasteiger partial charge in [0, 0.05) is 0 Å². The second kappa shape index (κ2) is 5.40. The molecule has 0 amide bonds. The first kappa shape index (κ1) is 14.5. The Bertz CT molecular complexity index is 273. The summed E-state index contributed by atoms with van der Waals surface area (Å²) in [5.74, 6) is 0. The zero-order valence-electron chi connectivity index (χ0n) is 11.9. The van der Waals surface area contributed by atoms with Gasteiger partial charge in [0.25, 0.3) is 0 Å². The largest absolute Gasteiger partial charge is 0.458 e. The van der Waals surface area contributed by atoms with Crippen molar-refractivity contribution in [3.63, 3.8) is 0 Å². The number of hydrogen-bond acceptors (Lipinski definition) is 4. The van der Waals surface area contributed by atoms with Crippen molar-refractivity contribution in [2.75, 3.05) is 7.11 Å². The highest BCUT2D eigenvalue weighted by Gasteiger charge is 2.50. The van der Waals surface area contributed by atoms with E-state index in [9.17, 15) is 0 Å². The molecule has 1 heterocycles. The van der Waals surface area contributed by atoms with E-state index in [0.717, 1.165) is 24.9 Å². The molecule has 0 aliphatic carbocycles. The highest BCUT2D eigenvalue weighted by Crippen LogP contribution is 2.37. The minimum Gasteiger partial charge on any atom is -0.403 e. The van der Waals surface area contributed by atoms with Gasteiger partial charge in [0.2, 0.25) is 0 Å². The summed E-state index contributed by atoms with van der Waals surface area (Å²) in [6.45, 7) is 10.3. The van der Waals surface area contributed by atoms with Gasteiger partial charge in [-0.3, -0.25) is 0 Å². The molecule has 1 aliphatic rings. The van der Waals surface area contributed by atoms with Crippen molar-refractivity contribution in [3.8, 4) is 0 Å². The molecule has 0 aromatic carbocycles. The summed E-state index contributed by atoms with van der Waals surface area (Å²) in [5, 5.41) is 3.98. The van der Waals surface area contributed by atoms with E-state index in [4.69, 9.17) is 14.1 Å². The first-order valence-corrected chi connectivity index (χ1v) is 6.27. The summed E-state index contributed by atoms with van der Waals surface area (Å²) in [6, 6.07) is 0. The lowest BCUT2D eigenvalue weighted by molar-refractivity contribution is 0.00578. The lowest BCUT2D eigenvalue weighted by atomic mass is 9.82. The molecule has 5 heteroatoms. The van der Waals surface area contributed by atoms with Gasteiger partial charge in [-0.1, -0.05) is 12.1 Å². The molecule has 0 aromatic heterocycles. The van der Waals surface area contributed by atoms with Crippen LogP contribution < -0.4 is 0 Å². The Hall–Kier alpha value is -0.545. The van der Waals surface area contributed by atoms with Crippen LogP contribution in [0.3, 0.4) is 0 Å². The lowest BCUT2D eigenvalue weighted by Crippen LogP contribution is -2.41. The Kier molecular flexibility index (Phi) is 4.61.